The van der Waals surface area contributed by atoms with Gasteiger partial charge in [0.05, 0.1) is 6.04 Å². The Morgan fingerprint density at radius 1 is 1.44 bits per heavy atom. The van der Waals surface area contributed by atoms with Crippen LogP contribution < -0.4 is 0 Å². The number of nitrogens with zero attached hydrogens (tertiary/aromatic N) is 1. The van der Waals surface area contributed by atoms with Crippen LogP contribution in [0.15, 0.2) is 0 Å². The highest BCUT2D eigenvalue weighted by atomic mass is 16.6. The lowest BCUT2D eigenvalue weighted by atomic mass is 10.1. The van der Waals surface area contributed by atoms with Crippen LogP contribution in [0.4, 0.5) is 4.79 Å². The van der Waals surface area contributed by atoms with Crippen LogP contribution in [0.2, 0.25) is 0 Å². The number of ether oxygens (including phenoxy) is 1. The van der Waals surface area contributed by atoms with Crippen molar-refractivity contribution in [2.45, 2.75) is 51.7 Å². The van der Waals surface area contributed by atoms with Gasteiger partial charge in [-0.25, -0.2) is 4.79 Å². The van der Waals surface area contributed by atoms with Crippen LogP contribution in [0.25, 0.3) is 0 Å². The van der Waals surface area contributed by atoms with Crippen LogP contribution in [0.5, 0.6) is 0 Å². The van der Waals surface area contributed by atoms with Gasteiger partial charge in [-0.05, 0) is 27.2 Å². The van der Waals surface area contributed by atoms with Gasteiger partial charge in [0.1, 0.15) is 5.60 Å². The number of carbonyl (C=O) groups is 3. The van der Waals surface area contributed by atoms with Crippen LogP contribution in [-0.4, -0.2) is 46.0 Å². The molecule has 1 N–H and O–H groups in total. The molecule has 0 aliphatic carbocycles. The third-order valence-electron chi connectivity index (χ3n) is 2.61. The summed E-state index contributed by atoms with van der Waals surface area (Å²) >= 11 is 0. The van der Waals surface area contributed by atoms with Crippen LogP contribution >= 0.6 is 0 Å². The maximum absolute atomic E-state index is 11.9. The fourth-order valence-corrected chi connectivity index (χ4v) is 1.84. The van der Waals surface area contributed by atoms with Crippen molar-refractivity contribution in [2.24, 2.45) is 0 Å². The number of carbonyl (C=O) groups excluding carboxylic acids is 2. The van der Waals surface area contributed by atoms with Gasteiger partial charge in [0.2, 0.25) is 0 Å². The van der Waals surface area contributed by atoms with Crippen LogP contribution in [0, 0.1) is 0 Å². The molecule has 0 spiro atoms. The van der Waals surface area contributed by atoms with E-state index in [1.807, 2.05) is 0 Å². The summed E-state index contributed by atoms with van der Waals surface area (Å²) in [6.45, 7) is 5.54. The Morgan fingerprint density at radius 3 is 2.56 bits per heavy atom. The molecule has 1 amide bonds. The second-order valence-electron chi connectivity index (χ2n) is 5.34. The first-order chi connectivity index (χ1) is 8.20. The highest BCUT2D eigenvalue weighted by molar-refractivity contribution is 5.91. The van der Waals surface area contributed by atoms with Gasteiger partial charge >= 0.3 is 12.1 Å². The molecule has 0 aromatic heterocycles. The molecular weight excluding hydrogens is 238 g/mol. The zero-order valence-corrected chi connectivity index (χ0v) is 10.9. The van der Waals surface area contributed by atoms with Crippen molar-refractivity contribution in [1.29, 1.82) is 0 Å². The van der Waals surface area contributed by atoms with E-state index < -0.39 is 23.7 Å². The summed E-state index contributed by atoms with van der Waals surface area (Å²) in [5.41, 5.74) is -0.625. The van der Waals surface area contributed by atoms with E-state index in [-0.39, 0.29) is 25.0 Å². The molecular formula is C12H19NO5. The van der Waals surface area contributed by atoms with Crippen molar-refractivity contribution in [3.05, 3.63) is 0 Å². The van der Waals surface area contributed by atoms with Gasteiger partial charge in [0.25, 0.3) is 0 Å². The van der Waals surface area contributed by atoms with Gasteiger partial charge in [-0.2, -0.15) is 0 Å². The molecule has 1 heterocycles. The van der Waals surface area contributed by atoms with Crippen LogP contribution in [0.3, 0.4) is 0 Å². The van der Waals surface area contributed by atoms with Crippen molar-refractivity contribution >= 4 is 17.8 Å². The van der Waals surface area contributed by atoms with Gasteiger partial charge in [-0.1, -0.05) is 0 Å². The number of amides is 1. The number of ketones is 1. The number of likely N-dealkylation sites (tertiary alicyclic amines) is 1. The molecule has 1 fully saturated rings. The fourth-order valence-electron chi connectivity index (χ4n) is 1.84. The Kier molecular flexibility index (Phi) is 4.32. The van der Waals surface area contributed by atoms with E-state index in [4.69, 9.17) is 9.84 Å². The monoisotopic (exact) mass is 257 g/mol. The quantitative estimate of drug-likeness (QED) is 0.826. The number of carboxylic acids is 1. The average molecular weight is 257 g/mol. The minimum atomic E-state index is -0.973. The van der Waals surface area contributed by atoms with E-state index in [0.717, 1.165) is 0 Å². The summed E-state index contributed by atoms with van der Waals surface area (Å²) < 4.78 is 5.19. The first-order valence-electron chi connectivity index (χ1n) is 5.95. The first-order valence-corrected chi connectivity index (χ1v) is 5.95. The number of rotatable bonds is 3. The van der Waals surface area contributed by atoms with E-state index >= 15 is 0 Å². The molecule has 1 aliphatic heterocycles. The molecule has 0 bridgehead atoms. The Bertz CT molecular complexity index is 358. The number of carboxylic acid groups (broad SMARTS) is 1. The molecule has 102 valence electrons. The van der Waals surface area contributed by atoms with Gasteiger partial charge in [-0.15, -0.1) is 0 Å². The Labute approximate surface area is 106 Å². The Morgan fingerprint density at radius 2 is 2.06 bits per heavy atom. The van der Waals surface area contributed by atoms with Crippen molar-refractivity contribution in [3.8, 4) is 0 Å². The fraction of sp³-hybridized carbons (Fsp3) is 0.750. The minimum Gasteiger partial charge on any atom is -0.481 e. The summed E-state index contributed by atoms with van der Waals surface area (Å²) in [4.78, 5) is 35.3. The van der Waals surface area contributed by atoms with Crippen molar-refractivity contribution in [2.75, 3.05) is 6.54 Å². The van der Waals surface area contributed by atoms with Crippen molar-refractivity contribution in [3.63, 3.8) is 0 Å². The molecule has 0 radical (unpaired) electrons. The summed E-state index contributed by atoms with van der Waals surface area (Å²) in [7, 11) is 0. The third-order valence-corrected chi connectivity index (χ3v) is 2.61. The molecule has 0 aromatic rings. The molecule has 0 aromatic carbocycles. The van der Waals surface area contributed by atoms with E-state index in [0.29, 0.717) is 6.54 Å². The minimum absolute atomic E-state index is 0.0953. The smallest absolute Gasteiger partial charge is 0.410 e. The largest absolute Gasteiger partial charge is 0.481 e. The van der Waals surface area contributed by atoms with Crippen molar-refractivity contribution < 1.29 is 24.2 Å². The van der Waals surface area contributed by atoms with Gasteiger partial charge < -0.3 is 9.84 Å². The predicted octanol–water partition coefficient (Wildman–Crippen LogP) is 1.43. The summed E-state index contributed by atoms with van der Waals surface area (Å²) in [6, 6.07) is -0.657. The van der Waals surface area contributed by atoms with Gasteiger partial charge in [0, 0.05) is 19.4 Å². The molecule has 1 atom stereocenters. The maximum Gasteiger partial charge on any atom is 0.410 e. The zero-order valence-electron chi connectivity index (χ0n) is 10.9. The van der Waals surface area contributed by atoms with Gasteiger partial charge in [-0.3, -0.25) is 14.5 Å². The van der Waals surface area contributed by atoms with E-state index in [9.17, 15) is 14.4 Å². The number of Topliss-reactive ketones (excluding diaryl/α,β-unsaturated/α-hetero) is 1. The number of hydrogen-bond donors (Lipinski definition) is 1. The maximum atomic E-state index is 11.9. The highest BCUT2D eigenvalue weighted by Crippen LogP contribution is 2.21. The SMILES string of the molecule is CC(C)(C)OC(=O)N1CCC(=O)C1CCC(=O)O. The van der Waals surface area contributed by atoms with E-state index in [1.165, 1.54) is 4.90 Å². The standard InChI is InChI=1S/C12H19NO5/c1-12(2,3)18-11(17)13-7-6-9(14)8(13)4-5-10(15)16/h8H,4-7H2,1-3H3,(H,15,16). The lowest BCUT2D eigenvalue weighted by molar-refractivity contribution is -0.137. The number of hydrogen-bond acceptors (Lipinski definition) is 4. The highest BCUT2D eigenvalue weighted by Gasteiger charge is 2.37. The third kappa shape index (κ3) is 4.01. The predicted molar refractivity (Wildman–Crippen MR) is 63.2 cm³/mol. The molecule has 1 aliphatic rings. The topological polar surface area (TPSA) is 83.9 Å². The molecule has 6 nitrogen and oxygen atoms in total. The summed E-state index contributed by atoms with van der Waals surface area (Å²) in [5, 5.41) is 8.63. The average Bonchev–Trinajstić information content (AvgIpc) is 2.54. The summed E-state index contributed by atoms with van der Waals surface area (Å²) in [5.74, 6) is -1.07. The second kappa shape index (κ2) is 5.37. The first kappa shape index (κ1) is 14.5. The molecule has 1 saturated heterocycles. The van der Waals surface area contributed by atoms with Gasteiger partial charge in [0.15, 0.2) is 5.78 Å². The number of aliphatic carboxylic acids is 1. The lowest BCUT2D eigenvalue weighted by Crippen LogP contribution is -2.41. The molecule has 6 heteroatoms. The lowest BCUT2D eigenvalue weighted by Gasteiger charge is -2.27. The van der Waals surface area contributed by atoms with Crippen molar-refractivity contribution in [1.82, 2.24) is 4.90 Å². The molecule has 0 saturated carbocycles. The molecule has 1 rings (SSSR count). The van der Waals surface area contributed by atoms with Crippen LogP contribution in [0.1, 0.15) is 40.0 Å². The zero-order chi connectivity index (χ0) is 13.9. The van der Waals surface area contributed by atoms with E-state index in [1.54, 1.807) is 20.8 Å². The molecule has 1 unspecified atom stereocenters. The Balaban J connectivity index is 2.65. The second-order valence-corrected chi connectivity index (χ2v) is 5.34. The Hall–Kier alpha value is -1.59. The van der Waals surface area contributed by atoms with Crippen LogP contribution in [-0.2, 0) is 14.3 Å². The van der Waals surface area contributed by atoms with E-state index in [2.05, 4.69) is 0 Å². The summed E-state index contributed by atoms with van der Waals surface area (Å²) in [6.07, 6.45) is -0.268. The molecule has 18 heavy (non-hydrogen) atoms. The normalized spacial score (nSPS) is 20.1.